The number of carboxylic acids is 1. The van der Waals surface area contributed by atoms with Gasteiger partial charge in [-0.2, -0.15) is 0 Å². The molecular formula is C20H21FN2O4. The molecule has 0 bridgehead atoms. The molecule has 0 spiro atoms. The third kappa shape index (κ3) is 4.25. The zero-order valence-electron chi connectivity index (χ0n) is 15.0. The predicted molar refractivity (Wildman–Crippen MR) is 97.2 cm³/mol. The Morgan fingerprint density at radius 1 is 1.00 bits per heavy atom. The number of rotatable bonds is 5. The number of benzene rings is 2. The lowest BCUT2D eigenvalue weighted by atomic mass is 10.0. The van der Waals surface area contributed by atoms with Crippen molar-refractivity contribution in [3.05, 3.63) is 65.5 Å². The molecule has 2 aromatic carbocycles. The summed E-state index contributed by atoms with van der Waals surface area (Å²) in [7, 11) is 1.57. The van der Waals surface area contributed by atoms with Crippen LogP contribution in [0.15, 0.2) is 48.5 Å². The Morgan fingerprint density at radius 3 is 2.11 bits per heavy atom. The number of methoxy groups -OCH3 is 1. The quantitative estimate of drug-likeness (QED) is 0.873. The molecule has 0 unspecified atom stereocenters. The zero-order chi connectivity index (χ0) is 19.4. The van der Waals surface area contributed by atoms with Crippen molar-refractivity contribution < 1.29 is 23.8 Å². The van der Waals surface area contributed by atoms with Crippen LogP contribution in [0.25, 0.3) is 0 Å². The molecule has 6 nitrogen and oxygen atoms in total. The highest BCUT2D eigenvalue weighted by Gasteiger charge is 2.31. The van der Waals surface area contributed by atoms with Gasteiger partial charge in [0.2, 0.25) is 0 Å². The Morgan fingerprint density at radius 2 is 1.59 bits per heavy atom. The molecule has 2 aromatic rings. The van der Waals surface area contributed by atoms with Crippen molar-refractivity contribution in [1.29, 1.82) is 0 Å². The molecule has 142 valence electrons. The van der Waals surface area contributed by atoms with Gasteiger partial charge in [0, 0.05) is 31.7 Å². The highest BCUT2D eigenvalue weighted by atomic mass is 19.1. The van der Waals surface area contributed by atoms with E-state index in [1.807, 2.05) is 0 Å². The van der Waals surface area contributed by atoms with Gasteiger partial charge in [0.05, 0.1) is 7.11 Å². The number of hydrogen-bond acceptors (Lipinski definition) is 4. The molecule has 3 rings (SSSR count). The molecule has 0 radical (unpaired) electrons. The van der Waals surface area contributed by atoms with E-state index in [1.165, 1.54) is 24.3 Å². The minimum atomic E-state index is -0.989. The number of carbonyl (C=O) groups is 2. The summed E-state index contributed by atoms with van der Waals surface area (Å²) in [5.41, 5.74) is 1.09. The van der Waals surface area contributed by atoms with E-state index in [0.717, 1.165) is 0 Å². The first-order valence-electron chi connectivity index (χ1n) is 8.65. The number of hydrogen-bond donors (Lipinski definition) is 1. The van der Waals surface area contributed by atoms with E-state index < -0.39 is 17.8 Å². The van der Waals surface area contributed by atoms with E-state index in [9.17, 15) is 19.1 Å². The molecule has 1 N–H and O–H groups in total. The minimum Gasteiger partial charge on any atom is -0.497 e. The lowest BCUT2D eigenvalue weighted by molar-refractivity contribution is -0.144. The highest BCUT2D eigenvalue weighted by molar-refractivity contribution is 5.94. The van der Waals surface area contributed by atoms with E-state index >= 15 is 0 Å². The van der Waals surface area contributed by atoms with Gasteiger partial charge in [0.25, 0.3) is 5.91 Å². The summed E-state index contributed by atoms with van der Waals surface area (Å²) in [6, 6.07) is 11.5. The van der Waals surface area contributed by atoms with Gasteiger partial charge in [-0.25, -0.2) is 4.39 Å². The van der Waals surface area contributed by atoms with Gasteiger partial charge in [-0.05, 0) is 42.0 Å². The molecule has 1 saturated heterocycles. The maximum Gasteiger partial charge on any atom is 0.325 e. The molecule has 1 heterocycles. The molecule has 0 aliphatic carbocycles. The van der Waals surface area contributed by atoms with Crippen LogP contribution in [0.5, 0.6) is 5.75 Å². The van der Waals surface area contributed by atoms with Crippen LogP contribution in [-0.4, -0.2) is 60.1 Å². The monoisotopic (exact) mass is 372 g/mol. The number of ether oxygens (including phenoxy) is 1. The van der Waals surface area contributed by atoms with Crippen LogP contribution in [0.1, 0.15) is 22.0 Å². The van der Waals surface area contributed by atoms with Crippen molar-refractivity contribution in [3.8, 4) is 5.75 Å². The number of amides is 1. The van der Waals surface area contributed by atoms with Crippen LogP contribution in [0.4, 0.5) is 4.39 Å². The number of carbonyl (C=O) groups excluding carboxylic acids is 1. The summed E-state index contributed by atoms with van der Waals surface area (Å²) in [6.45, 7) is 1.71. The Bertz CT molecular complexity index is 800. The van der Waals surface area contributed by atoms with Gasteiger partial charge in [0.1, 0.15) is 17.6 Å². The lowest BCUT2D eigenvalue weighted by Gasteiger charge is -2.37. The highest BCUT2D eigenvalue weighted by Crippen LogP contribution is 2.24. The standard InChI is InChI=1S/C20H21FN2O4/c1-27-17-8-4-15(5-9-17)19(24)23-12-10-22(11-13-23)18(20(25)26)14-2-6-16(21)7-3-14/h2-9,18H,10-13H2,1H3,(H,25,26)/t18-/m0/s1. The van der Waals surface area contributed by atoms with Gasteiger partial charge in [-0.15, -0.1) is 0 Å². The zero-order valence-corrected chi connectivity index (χ0v) is 15.0. The number of carboxylic acid groups (broad SMARTS) is 1. The maximum atomic E-state index is 13.1. The fourth-order valence-electron chi connectivity index (χ4n) is 3.25. The molecule has 7 heteroatoms. The number of piperazine rings is 1. The third-order valence-electron chi connectivity index (χ3n) is 4.72. The summed E-state index contributed by atoms with van der Waals surface area (Å²) >= 11 is 0. The normalized spacial score (nSPS) is 16.0. The number of aliphatic carboxylic acids is 1. The molecule has 0 saturated carbocycles. The van der Waals surface area contributed by atoms with Gasteiger partial charge in [-0.1, -0.05) is 12.1 Å². The van der Waals surface area contributed by atoms with Gasteiger partial charge < -0.3 is 14.7 Å². The first-order chi connectivity index (χ1) is 13.0. The molecule has 27 heavy (non-hydrogen) atoms. The van der Waals surface area contributed by atoms with Crippen molar-refractivity contribution in [3.63, 3.8) is 0 Å². The van der Waals surface area contributed by atoms with Crippen molar-refractivity contribution in [2.45, 2.75) is 6.04 Å². The van der Waals surface area contributed by atoms with E-state index in [1.54, 1.807) is 41.2 Å². The van der Waals surface area contributed by atoms with E-state index in [4.69, 9.17) is 4.74 Å². The van der Waals surface area contributed by atoms with Crippen LogP contribution < -0.4 is 4.74 Å². The summed E-state index contributed by atoms with van der Waals surface area (Å²) < 4.78 is 18.2. The Kier molecular flexibility index (Phi) is 5.71. The van der Waals surface area contributed by atoms with Gasteiger partial charge in [0.15, 0.2) is 0 Å². The van der Waals surface area contributed by atoms with E-state index in [0.29, 0.717) is 43.1 Å². The van der Waals surface area contributed by atoms with Gasteiger partial charge in [-0.3, -0.25) is 14.5 Å². The second kappa shape index (κ2) is 8.18. The topological polar surface area (TPSA) is 70.1 Å². The second-order valence-corrected chi connectivity index (χ2v) is 6.35. The smallest absolute Gasteiger partial charge is 0.325 e. The first kappa shape index (κ1) is 18.8. The van der Waals surface area contributed by atoms with Crippen molar-refractivity contribution >= 4 is 11.9 Å². The van der Waals surface area contributed by atoms with Crippen molar-refractivity contribution in [1.82, 2.24) is 9.80 Å². The van der Waals surface area contributed by atoms with Crippen molar-refractivity contribution in [2.75, 3.05) is 33.3 Å². The Labute approximate surface area is 156 Å². The first-order valence-corrected chi connectivity index (χ1v) is 8.65. The molecule has 1 aliphatic rings. The maximum absolute atomic E-state index is 13.1. The molecule has 0 aromatic heterocycles. The summed E-state index contributed by atoms with van der Waals surface area (Å²) in [5.74, 6) is -0.805. The largest absolute Gasteiger partial charge is 0.497 e. The fourth-order valence-corrected chi connectivity index (χ4v) is 3.25. The molecule has 1 fully saturated rings. The number of halogens is 1. The van der Waals surface area contributed by atoms with E-state index in [-0.39, 0.29) is 5.91 Å². The van der Waals surface area contributed by atoms with Gasteiger partial charge >= 0.3 is 5.97 Å². The average molecular weight is 372 g/mol. The summed E-state index contributed by atoms with van der Waals surface area (Å²) in [6.07, 6.45) is 0. The van der Waals surface area contributed by atoms with Crippen LogP contribution in [0.3, 0.4) is 0 Å². The molecular weight excluding hydrogens is 351 g/mol. The third-order valence-corrected chi connectivity index (χ3v) is 4.72. The SMILES string of the molecule is COc1ccc(C(=O)N2CCN([C@H](C(=O)O)c3ccc(F)cc3)CC2)cc1. The molecule has 1 amide bonds. The summed E-state index contributed by atoms with van der Waals surface area (Å²) in [4.78, 5) is 27.9. The predicted octanol–water partition coefficient (Wildman–Crippen LogP) is 2.42. The minimum absolute atomic E-state index is 0.0917. The van der Waals surface area contributed by atoms with Crippen LogP contribution >= 0.6 is 0 Å². The van der Waals surface area contributed by atoms with E-state index in [2.05, 4.69) is 0 Å². The Balaban J connectivity index is 1.66. The fraction of sp³-hybridized carbons (Fsp3) is 0.300. The average Bonchev–Trinajstić information content (AvgIpc) is 2.69. The van der Waals surface area contributed by atoms with Crippen LogP contribution in [0.2, 0.25) is 0 Å². The number of nitrogens with zero attached hydrogens (tertiary/aromatic N) is 2. The second-order valence-electron chi connectivity index (χ2n) is 6.35. The van der Waals surface area contributed by atoms with Crippen LogP contribution in [-0.2, 0) is 4.79 Å². The molecule has 1 atom stereocenters. The molecule has 1 aliphatic heterocycles. The summed E-state index contributed by atoms with van der Waals surface area (Å²) in [5, 5.41) is 9.62. The Hall–Kier alpha value is -2.93. The lowest BCUT2D eigenvalue weighted by Crippen LogP contribution is -2.51. The van der Waals surface area contributed by atoms with Crippen LogP contribution in [0, 0.1) is 5.82 Å². The van der Waals surface area contributed by atoms with Crippen molar-refractivity contribution in [2.24, 2.45) is 0 Å².